The number of nitrogens with zero attached hydrogens (tertiary/aromatic N) is 3. The number of hydrogen-bond acceptors (Lipinski definition) is 4. The van der Waals surface area contributed by atoms with Crippen molar-refractivity contribution in [3.8, 4) is 0 Å². The molecule has 0 fully saturated rings. The molecule has 15 heavy (non-hydrogen) atoms. The van der Waals surface area contributed by atoms with Crippen LogP contribution in [0.5, 0.6) is 0 Å². The van der Waals surface area contributed by atoms with Gasteiger partial charge >= 0.3 is 0 Å². The SMILES string of the molecule is Cc1ncc2c(=O)n(CCS)ccc2n1. The molecule has 2 rings (SSSR count). The van der Waals surface area contributed by atoms with Gasteiger partial charge in [0.1, 0.15) is 5.82 Å². The molecule has 0 unspecified atom stereocenters. The summed E-state index contributed by atoms with van der Waals surface area (Å²) in [5.74, 6) is 1.31. The second kappa shape index (κ2) is 4.02. The summed E-state index contributed by atoms with van der Waals surface area (Å²) < 4.78 is 1.62. The van der Waals surface area contributed by atoms with Gasteiger partial charge in [-0.2, -0.15) is 12.6 Å². The minimum absolute atomic E-state index is 0.0541. The van der Waals surface area contributed by atoms with Crippen molar-refractivity contribution in [1.29, 1.82) is 0 Å². The summed E-state index contributed by atoms with van der Waals surface area (Å²) in [5, 5.41) is 0.560. The normalized spacial score (nSPS) is 10.8. The van der Waals surface area contributed by atoms with Crippen LogP contribution in [0.3, 0.4) is 0 Å². The van der Waals surface area contributed by atoms with E-state index < -0.39 is 0 Å². The van der Waals surface area contributed by atoms with Crippen LogP contribution in [0.4, 0.5) is 0 Å². The van der Waals surface area contributed by atoms with E-state index >= 15 is 0 Å². The topological polar surface area (TPSA) is 47.8 Å². The maximum absolute atomic E-state index is 11.9. The summed E-state index contributed by atoms with van der Waals surface area (Å²) in [6, 6.07) is 1.83. The van der Waals surface area contributed by atoms with E-state index in [1.165, 1.54) is 0 Å². The molecule has 2 heterocycles. The monoisotopic (exact) mass is 221 g/mol. The molecule has 2 aromatic rings. The van der Waals surface area contributed by atoms with Crippen LogP contribution in [-0.4, -0.2) is 20.3 Å². The molecule has 0 atom stereocenters. The fourth-order valence-electron chi connectivity index (χ4n) is 1.45. The average Bonchev–Trinajstić information content (AvgIpc) is 2.22. The minimum atomic E-state index is -0.0541. The van der Waals surface area contributed by atoms with Crippen LogP contribution >= 0.6 is 12.6 Å². The van der Waals surface area contributed by atoms with E-state index in [0.29, 0.717) is 29.0 Å². The Morgan fingerprint density at radius 2 is 2.33 bits per heavy atom. The summed E-state index contributed by atoms with van der Waals surface area (Å²) in [7, 11) is 0. The molecule has 2 aromatic heterocycles. The van der Waals surface area contributed by atoms with Crippen LogP contribution in [-0.2, 0) is 6.54 Å². The van der Waals surface area contributed by atoms with Crippen LogP contribution < -0.4 is 5.56 Å². The summed E-state index contributed by atoms with van der Waals surface area (Å²) in [5.41, 5.74) is 0.643. The van der Waals surface area contributed by atoms with Crippen molar-refractivity contribution in [1.82, 2.24) is 14.5 Å². The molecule has 0 aliphatic carbocycles. The lowest BCUT2D eigenvalue weighted by Crippen LogP contribution is -2.20. The van der Waals surface area contributed by atoms with Crippen molar-refractivity contribution in [2.24, 2.45) is 0 Å². The van der Waals surface area contributed by atoms with Gasteiger partial charge in [-0.05, 0) is 13.0 Å². The van der Waals surface area contributed by atoms with Gasteiger partial charge < -0.3 is 4.57 Å². The minimum Gasteiger partial charge on any atom is -0.314 e. The first-order valence-electron chi connectivity index (χ1n) is 4.66. The Labute approximate surface area is 92.4 Å². The molecular formula is C10H11N3OS. The third-order valence-corrected chi connectivity index (χ3v) is 2.38. The van der Waals surface area contributed by atoms with Crippen LogP contribution in [0, 0.1) is 6.92 Å². The third-order valence-electron chi connectivity index (χ3n) is 2.18. The quantitative estimate of drug-likeness (QED) is 0.770. The molecule has 0 radical (unpaired) electrons. The Balaban J connectivity index is 2.69. The first kappa shape index (κ1) is 10.2. The standard InChI is InChI=1S/C10H11N3OS/c1-7-11-6-8-9(12-7)2-3-13(4-5-15)10(8)14/h2-3,6,15H,4-5H2,1H3. The predicted octanol–water partition coefficient (Wildman–Crippen LogP) is 1.03. The summed E-state index contributed by atoms with van der Waals surface area (Å²) in [4.78, 5) is 20.1. The summed E-state index contributed by atoms with van der Waals surface area (Å²) in [6.07, 6.45) is 3.32. The van der Waals surface area contributed by atoms with Crippen molar-refractivity contribution in [2.45, 2.75) is 13.5 Å². The Bertz CT molecular complexity index is 550. The van der Waals surface area contributed by atoms with Crippen LogP contribution in [0.15, 0.2) is 23.3 Å². The van der Waals surface area contributed by atoms with Gasteiger partial charge in [-0.1, -0.05) is 0 Å². The molecule has 4 nitrogen and oxygen atoms in total. The van der Waals surface area contributed by atoms with Gasteiger partial charge in [0.05, 0.1) is 10.9 Å². The zero-order chi connectivity index (χ0) is 10.8. The number of aromatic nitrogens is 3. The van der Waals surface area contributed by atoms with E-state index in [0.717, 1.165) is 0 Å². The fraction of sp³-hybridized carbons (Fsp3) is 0.300. The lowest BCUT2D eigenvalue weighted by atomic mass is 10.3. The van der Waals surface area contributed by atoms with Gasteiger partial charge in [-0.15, -0.1) is 0 Å². The highest BCUT2D eigenvalue weighted by Crippen LogP contribution is 2.04. The zero-order valence-corrected chi connectivity index (χ0v) is 9.24. The molecule has 0 aromatic carbocycles. The molecular weight excluding hydrogens is 210 g/mol. The van der Waals surface area contributed by atoms with Crippen molar-refractivity contribution in [2.75, 3.05) is 5.75 Å². The van der Waals surface area contributed by atoms with Crippen molar-refractivity contribution in [3.63, 3.8) is 0 Å². The van der Waals surface area contributed by atoms with Gasteiger partial charge in [-0.25, -0.2) is 9.97 Å². The highest BCUT2D eigenvalue weighted by molar-refractivity contribution is 7.80. The molecule has 0 amide bonds. The van der Waals surface area contributed by atoms with Crippen LogP contribution in [0.25, 0.3) is 10.9 Å². The molecule has 0 bridgehead atoms. The summed E-state index contributed by atoms with van der Waals surface area (Å²) >= 11 is 4.10. The Morgan fingerprint density at radius 3 is 3.07 bits per heavy atom. The van der Waals surface area contributed by atoms with Gasteiger partial charge in [0.25, 0.3) is 5.56 Å². The number of aryl methyl sites for hydroxylation is 2. The second-order valence-corrected chi connectivity index (χ2v) is 3.70. The first-order valence-corrected chi connectivity index (χ1v) is 5.29. The lowest BCUT2D eigenvalue weighted by Gasteiger charge is -2.04. The van der Waals surface area contributed by atoms with E-state index in [2.05, 4.69) is 22.6 Å². The molecule has 0 saturated carbocycles. The molecule has 0 aliphatic rings. The van der Waals surface area contributed by atoms with Crippen molar-refractivity contribution in [3.05, 3.63) is 34.6 Å². The van der Waals surface area contributed by atoms with Crippen LogP contribution in [0.2, 0.25) is 0 Å². The van der Waals surface area contributed by atoms with Gasteiger partial charge in [-0.3, -0.25) is 4.79 Å². The smallest absolute Gasteiger partial charge is 0.261 e. The maximum Gasteiger partial charge on any atom is 0.261 e. The predicted molar refractivity (Wildman–Crippen MR) is 62.4 cm³/mol. The lowest BCUT2D eigenvalue weighted by molar-refractivity contribution is 0.743. The van der Waals surface area contributed by atoms with Crippen molar-refractivity contribution >= 4 is 23.5 Å². The number of fused-ring (bicyclic) bond motifs is 1. The van der Waals surface area contributed by atoms with E-state index in [1.807, 2.05) is 6.07 Å². The fourth-order valence-corrected chi connectivity index (χ4v) is 1.66. The van der Waals surface area contributed by atoms with E-state index in [1.54, 1.807) is 23.9 Å². The van der Waals surface area contributed by atoms with Crippen LogP contribution in [0.1, 0.15) is 5.82 Å². The Morgan fingerprint density at radius 1 is 1.53 bits per heavy atom. The van der Waals surface area contributed by atoms with Crippen molar-refractivity contribution < 1.29 is 0 Å². The van der Waals surface area contributed by atoms with E-state index in [9.17, 15) is 4.79 Å². The third kappa shape index (κ3) is 1.87. The van der Waals surface area contributed by atoms with E-state index in [-0.39, 0.29) is 5.56 Å². The Kier molecular flexibility index (Phi) is 2.73. The number of thiol groups is 1. The molecule has 5 heteroatoms. The van der Waals surface area contributed by atoms with Gasteiger partial charge in [0.2, 0.25) is 0 Å². The zero-order valence-electron chi connectivity index (χ0n) is 8.34. The number of hydrogen-bond donors (Lipinski definition) is 1. The van der Waals surface area contributed by atoms with Gasteiger partial charge in [0.15, 0.2) is 0 Å². The largest absolute Gasteiger partial charge is 0.314 e. The molecule has 0 spiro atoms. The average molecular weight is 221 g/mol. The second-order valence-electron chi connectivity index (χ2n) is 3.25. The maximum atomic E-state index is 11.9. The molecule has 0 N–H and O–H groups in total. The summed E-state index contributed by atoms with van der Waals surface area (Å²) in [6.45, 7) is 2.41. The van der Waals surface area contributed by atoms with E-state index in [4.69, 9.17) is 0 Å². The Hall–Kier alpha value is -1.36. The van der Waals surface area contributed by atoms with Gasteiger partial charge in [0, 0.05) is 24.7 Å². The number of pyridine rings is 1. The highest BCUT2D eigenvalue weighted by Gasteiger charge is 2.03. The number of rotatable bonds is 2. The highest BCUT2D eigenvalue weighted by atomic mass is 32.1. The molecule has 0 aliphatic heterocycles. The first-order chi connectivity index (χ1) is 7.22. The molecule has 78 valence electrons. The molecule has 0 saturated heterocycles.